The summed E-state index contributed by atoms with van der Waals surface area (Å²) < 4.78 is 7.02. The minimum absolute atomic E-state index is 0.0135. The second-order valence-electron chi connectivity index (χ2n) is 9.35. The van der Waals surface area contributed by atoms with Crippen molar-refractivity contribution in [3.05, 3.63) is 96.1 Å². The molecule has 0 amide bonds. The topological polar surface area (TPSA) is 90.3 Å². The number of fused-ring (bicyclic) bond motifs is 1. The van der Waals surface area contributed by atoms with Crippen LogP contribution in [0.1, 0.15) is 24.5 Å². The first-order chi connectivity index (χ1) is 18.8. The highest BCUT2D eigenvalue weighted by Crippen LogP contribution is 2.40. The van der Waals surface area contributed by atoms with Crippen LogP contribution in [0.15, 0.2) is 89.8 Å². The van der Waals surface area contributed by atoms with Crippen LogP contribution in [0, 0.1) is 6.92 Å². The van der Waals surface area contributed by atoms with Crippen molar-refractivity contribution in [3.8, 4) is 5.75 Å². The lowest BCUT2D eigenvalue weighted by Crippen LogP contribution is -2.34. The third kappa shape index (κ3) is 6.83. The molecule has 8 heteroatoms. The second kappa shape index (κ2) is 12.6. The maximum atomic E-state index is 11.9. The Labute approximate surface area is 232 Å². The normalized spacial score (nSPS) is 11.7. The molecule has 0 aliphatic heterocycles. The maximum Gasteiger partial charge on any atom is 0.324 e. The summed E-state index contributed by atoms with van der Waals surface area (Å²) in [6.45, 7) is 4.31. The number of methoxy groups -OCH3 is 1. The first-order valence-corrected chi connectivity index (χ1v) is 13.4. The van der Waals surface area contributed by atoms with Crippen molar-refractivity contribution >= 4 is 46.0 Å². The van der Waals surface area contributed by atoms with Crippen LogP contribution in [0.5, 0.6) is 5.75 Å². The van der Waals surface area contributed by atoms with E-state index in [9.17, 15) is 19.8 Å². The molecular formula is C31H32N2O5S. The summed E-state index contributed by atoms with van der Waals surface area (Å²) in [6.07, 6.45) is -0.0135. The zero-order valence-corrected chi connectivity index (χ0v) is 23.0. The quantitative estimate of drug-likeness (QED) is 0.192. The third-order valence-electron chi connectivity index (χ3n) is 6.61. The predicted octanol–water partition coefficient (Wildman–Crippen LogP) is 6.62. The summed E-state index contributed by atoms with van der Waals surface area (Å²) in [5.41, 5.74) is 3.91. The molecule has 0 unspecified atom stereocenters. The number of hydrogen-bond acceptors (Lipinski definition) is 6. The zero-order valence-electron chi connectivity index (χ0n) is 22.2. The van der Waals surface area contributed by atoms with Gasteiger partial charge in [-0.3, -0.25) is 9.59 Å². The van der Waals surface area contributed by atoms with Gasteiger partial charge in [-0.05, 0) is 73.3 Å². The molecule has 2 N–H and O–H groups in total. The number of aliphatic carboxylic acids is 2. The molecule has 0 aliphatic rings. The van der Waals surface area contributed by atoms with Gasteiger partial charge in [-0.15, -0.1) is 0 Å². The van der Waals surface area contributed by atoms with Gasteiger partial charge in [-0.2, -0.15) is 0 Å². The summed E-state index contributed by atoms with van der Waals surface area (Å²) in [5.74, 6) is -1.08. The monoisotopic (exact) mass is 544 g/mol. The number of ether oxygens (including phenoxy) is 1. The lowest BCUT2D eigenvalue weighted by Gasteiger charge is -2.33. The fourth-order valence-corrected chi connectivity index (χ4v) is 5.55. The molecule has 0 heterocycles. The fourth-order valence-electron chi connectivity index (χ4n) is 4.60. The van der Waals surface area contributed by atoms with Gasteiger partial charge in [0.05, 0.1) is 19.2 Å². The van der Waals surface area contributed by atoms with E-state index in [4.69, 9.17) is 4.74 Å². The zero-order chi connectivity index (χ0) is 27.9. The summed E-state index contributed by atoms with van der Waals surface area (Å²) in [7, 11) is 1.60. The van der Waals surface area contributed by atoms with E-state index in [0.717, 1.165) is 43.9 Å². The van der Waals surface area contributed by atoms with Crippen LogP contribution >= 0.6 is 11.9 Å². The van der Waals surface area contributed by atoms with Crippen molar-refractivity contribution in [2.24, 2.45) is 0 Å². The van der Waals surface area contributed by atoms with Gasteiger partial charge in [-0.1, -0.05) is 48.5 Å². The minimum Gasteiger partial charge on any atom is -0.497 e. The van der Waals surface area contributed by atoms with Crippen LogP contribution in [0.2, 0.25) is 0 Å². The van der Waals surface area contributed by atoms with Crippen LogP contribution in [0.25, 0.3) is 10.8 Å². The van der Waals surface area contributed by atoms with Crippen molar-refractivity contribution in [1.82, 2.24) is 0 Å². The Bertz CT molecular complexity index is 1460. The molecule has 0 fully saturated rings. The number of aryl methyl sites for hydroxylation is 1. The molecule has 1 atom stereocenters. The average Bonchev–Trinajstić information content (AvgIpc) is 2.91. The lowest BCUT2D eigenvalue weighted by molar-refractivity contribution is -0.137. The maximum absolute atomic E-state index is 11.9. The van der Waals surface area contributed by atoms with Gasteiger partial charge in [0.25, 0.3) is 0 Å². The van der Waals surface area contributed by atoms with Crippen molar-refractivity contribution in [3.63, 3.8) is 0 Å². The molecule has 0 radical (unpaired) electrons. The summed E-state index contributed by atoms with van der Waals surface area (Å²) >= 11 is 1.34. The van der Waals surface area contributed by atoms with Gasteiger partial charge >= 0.3 is 11.9 Å². The smallest absolute Gasteiger partial charge is 0.324 e. The van der Waals surface area contributed by atoms with E-state index in [2.05, 4.69) is 24.0 Å². The Morgan fingerprint density at radius 1 is 0.846 bits per heavy atom. The van der Waals surface area contributed by atoms with E-state index in [0.29, 0.717) is 6.54 Å². The molecule has 0 aromatic heterocycles. The number of benzene rings is 4. The van der Waals surface area contributed by atoms with Gasteiger partial charge in [-0.25, -0.2) is 0 Å². The van der Waals surface area contributed by atoms with Gasteiger partial charge in [0.15, 0.2) is 0 Å². The van der Waals surface area contributed by atoms with E-state index < -0.39 is 11.9 Å². The Balaban J connectivity index is 1.80. The van der Waals surface area contributed by atoms with Crippen molar-refractivity contribution in [2.45, 2.75) is 37.8 Å². The van der Waals surface area contributed by atoms with Gasteiger partial charge < -0.3 is 24.2 Å². The molecule has 4 rings (SSSR count). The van der Waals surface area contributed by atoms with Crippen molar-refractivity contribution in [2.75, 3.05) is 22.9 Å². The van der Waals surface area contributed by atoms with Crippen LogP contribution in [-0.4, -0.2) is 41.8 Å². The van der Waals surface area contributed by atoms with Crippen LogP contribution < -0.4 is 13.9 Å². The van der Waals surface area contributed by atoms with Gasteiger partial charge in [0.1, 0.15) is 12.3 Å². The first-order valence-electron chi connectivity index (χ1n) is 12.6. The number of hydrogen-bond donors (Lipinski definition) is 2. The summed E-state index contributed by atoms with van der Waals surface area (Å²) in [6, 6.07) is 27.0. The van der Waals surface area contributed by atoms with E-state index in [1.807, 2.05) is 79.7 Å². The second-order valence-corrected chi connectivity index (χ2v) is 10.4. The number of nitrogens with zero attached hydrogens (tertiary/aromatic N) is 2. The van der Waals surface area contributed by atoms with Crippen LogP contribution in [-0.2, 0) is 16.1 Å². The molecule has 0 spiro atoms. The number of rotatable bonds is 12. The van der Waals surface area contributed by atoms with Gasteiger partial charge in [0, 0.05) is 33.9 Å². The molecule has 7 nitrogen and oxygen atoms in total. The standard InChI is InChI=1S/C31H32N2O5S/c1-21-8-4-5-9-23(21)19-32(22(2)18-30(34)35)28-16-17-29(27-11-7-6-10-26(27)28)33(20-31(36)37)39-25-14-12-24(38-3)13-15-25/h4-17,22H,18-20H2,1-3H3,(H,34,35)(H,36,37)/t22-/m0/s1. The SMILES string of the molecule is COc1ccc(SN(CC(=O)O)c2ccc(N(Cc3ccccc3C)[C@@H](C)CC(=O)O)c3ccccc23)cc1. The molecule has 39 heavy (non-hydrogen) atoms. The third-order valence-corrected chi connectivity index (χ3v) is 7.64. The minimum atomic E-state index is -0.944. The lowest BCUT2D eigenvalue weighted by atomic mass is 10.0. The highest BCUT2D eigenvalue weighted by atomic mass is 32.2. The summed E-state index contributed by atoms with van der Waals surface area (Å²) in [5, 5.41) is 21.1. The average molecular weight is 545 g/mol. The molecule has 0 bridgehead atoms. The molecule has 202 valence electrons. The number of carboxylic acid groups (broad SMARTS) is 2. The Morgan fingerprint density at radius 2 is 1.46 bits per heavy atom. The first kappa shape index (κ1) is 27.9. The summed E-state index contributed by atoms with van der Waals surface area (Å²) in [4.78, 5) is 26.6. The molecule has 0 saturated carbocycles. The van der Waals surface area contributed by atoms with Gasteiger partial charge in [0.2, 0.25) is 0 Å². The Kier molecular flexibility index (Phi) is 8.99. The molecule has 0 saturated heterocycles. The van der Waals surface area contributed by atoms with E-state index >= 15 is 0 Å². The largest absolute Gasteiger partial charge is 0.497 e. The fraction of sp³-hybridized carbons (Fsp3) is 0.226. The Morgan fingerprint density at radius 3 is 2.08 bits per heavy atom. The highest BCUT2D eigenvalue weighted by molar-refractivity contribution is 8.00. The van der Waals surface area contributed by atoms with E-state index in [1.165, 1.54) is 11.9 Å². The molecule has 4 aromatic carbocycles. The van der Waals surface area contributed by atoms with Crippen LogP contribution in [0.3, 0.4) is 0 Å². The van der Waals surface area contributed by atoms with E-state index in [1.54, 1.807) is 11.4 Å². The molecule has 0 aliphatic carbocycles. The number of anilines is 2. The van der Waals surface area contributed by atoms with Crippen molar-refractivity contribution in [1.29, 1.82) is 0 Å². The molecule has 4 aromatic rings. The predicted molar refractivity (Wildman–Crippen MR) is 157 cm³/mol. The van der Waals surface area contributed by atoms with Crippen molar-refractivity contribution < 1.29 is 24.5 Å². The van der Waals surface area contributed by atoms with Crippen LogP contribution in [0.4, 0.5) is 11.4 Å². The number of carboxylic acids is 2. The molecular weight excluding hydrogens is 512 g/mol. The highest BCUT2D eigenvalue weighted by Gasteiger charge is 2.23. The Hall–Kier alpha value is -4.17. The van der Waals surface area contributed by atoms with E-state index in [-0.39, 0.29) is 19.0 Å². The number of carbonyl (C=O) groups is 2.